The Bertz CT molecular complexity index is 598. The predicted molar refractivity (Wildman–Crippen MR) is 72.3 cm³/mol. The lowest BCUT2D eigenvalue weighted by Crippen LogP contribution is -2.51. The van der Waals surface area contributed by atoms with Crippen molar-refractivity contribution < 1.29 is 19.7 Å². The number of rotatable bonds is 1. The normalized spacial score (nSPS) is 39.4. The molecule has 0 aromatic carbocycles. The first-order chi connectivity index (χ1) is 9.16. The zero-order valence-corrected chi connectivity index (χ0v) is 11.1. The Morgan fingerprint density at radius 3 is 3.05 bits per heavy atom. The Hall–Kier alpha value is -1.25. The number of carbonyl (C=O) groups excluding carboxylic acids is 1. The molecular weight excluding hydrogens is 288 g/mol. The molecule has 4 aliphatic rings. The minimum atomic E-state index is -1.15. The summed E-state index contributed by atoms with van der Waals surface area (Å²) < 4.78 is 0. The van der Waals surface area contributed by atoms with E-state index in [9.17, 15) is 9.90 Å². The molecule has 3 aliphatic heterocycles. The fourth-order valence-electron chi connectivity index (χ4n) is 2.07. The second kappa shape index (κ2) is 3.87. The van der Waals surface area contributed by atoms with Crippen LogP contribution in [0.3, 0.4) is 0 Å². The molecule has 3 heterocycles. The van der Waals surface area contributed by atoms with Crippen molar-refractivity contribution in [3.8, 4) is 0 Å². The Balaban J connectivity index is 1.59. The number of allylic oxidation sites excluding steroid dienone is 1. The summed E-state index contributed by atoms with van der Waals surface area (Å²) >= 11 is 2.97. The molecule has 8 heteroatoms. The lowest BCUT2D eigenvalue weighted by Gasteiger charge is -2.28. The Morgan fingerprint density at radius 2 is 2.37 bits per heavy atom. The minimum Gasteiger partial charge on any atom is -0.508 e. The molecule has 0 saturated carbocycles. The highest BCUT2D eigenvalue weighted by molar-refractivity contribution is 8.25. The number of aliphatic imine (C=N–C) groups is 2. The SMILES string of the molecule is O=C1OOC12CSC(C1=NC3C=CC(O)=CC3S1)=N2. The lowest BCUT2D eigenvalue weighted by molar-refractivity contribution is -0.392. The number of aliphatic hydroxyl groups is 1. The van der Waals surface area contributed by atoms with Crippen molar-refractivity contribution in [2.45, 2.75) is 17.0 Å². The monoisotopic (exact) mass is 296 g/mol. The van der Waals surface area contributed by atoms with Gasteiger partial charge in [0.15, 0.2) is 0 Å². The maximum atomic E-state index is 11.3. The van der Waals surface area contributed by atoms with Gasteiger partial charge < -0.3 is 5.11 Å². The molecule has 3 unspecified atom stereocenters. The zero-order chi connectivity index (χ0) is 13.0. The van der Waals surface area contributed by atoms with Gasteiger partial charge in [-0.3, -0.25) is 9.88 Å². The van der Waals surface area contributed by atoms with E-state index in [2.05, 4.69) is 14.9 Å². The van der Waals surface area contributed by atoms with Crippen molar-refractivity contribution in [2.75, 3.05) is 5.75 Å². The van der Waals surface area contributed by atoms with Crippen LogP contribution < -0.4 is 0 Å². The molecule has 0 aromatic heterocycles. The first-order valence-corrected chi connectivity index (χ1v) is 7.49. The number of nitrogens with zero attached hydrogens (tertiary/aromatic N) is 2. The number of thioether (sulfide) groups is 2. The summed E-state index contributed by atoms with van der Waals surface area (Å²) in [6.07, 6.45) is 5.28. The third kappa shape index (κ3) is 1.67. The summed E-state index contributed by atoms with van der Waals surface area (Å²) in [6.45, 7) is 0. The maximum Gasteiger partial charge on any atom is 0.401 e. The van der Waals surface area contributed by atoms with Gasteiger partial charge in [-0.15, -0.1) is 4.89 Å². The van der Waals surface area contributed by atoms with Gasteiger partial charge in [0.1, 0.15) is 15.8 Å². The molecule has 1 spiro atoms. The maximum absolute atomic E-state index is 11.3. The Kier molecular flexibility index (Phi) is 2.36. The summed E-state index contributed by atoms with van der Waals surface area (Å²) in [4.78, 5) is 29.3. The van der Waals surface area contributed by atoms with Gasteiger partial charge in [0.05, 0.1) is 17.0 Å². The standard InChI is InChI=1S/C11H8N2O4S2/c14-5-1-2-6-7(3-5)19-8(12-6)9-13-11(4-18-9)10(15)16-17-11/h1-3,6-7,14H,4H2. The largest absolute Gasteiger partial charge is 0.508 e. The van der Waals surface area contributed by atoms with Gasteiger partial charge in [-0.1, -0.05) is 29.6 Å². The predicted octanol–water partition coefficient (Wildman–Crippen LogP) is 1.21. The number of hydrogen-bond donors (Lipinski definition) is 1. The van der Waals surface area contributed by atoms with Crippen LogP contribution in [-0.2, 0) is 14.6 Å². The van der Waals surface area contributed by atoms with Crippen molar-refractivity contribution in [2.24, 2.45) is 9.98 Å². The van der Waals surface area contributed by atoms with Crippen molar-refractivity contribution in [1.82, 2.24) is 0 Å². The van der Waals surface area contributed by atoms with Crippen molar-refractivity contribution in [1.29, 1.82) is 0 Å². The first kappa shape index (κ1) is 11.6. The van der Waals surface area contributed by atoms with Crippen LogP contribution in [0.4, 0.5) is 0 Å². The van der Waals surface area contributed by atoms with Crippen LogP contribution >= 0.6 is 23.5 Å². The third-order valence-corrected chi connectivity index (χ3v) is 5.53. The van der Waals surface area contributed by atoms with Gasteiger partial charge in [-0.25, -0.2) is 9.79 Å². The number of carbonyl (C=O) groups is 1. The van der Waals surface area contributed by atoms with Crippen LogP contribution in [0.1, 0.15) is 0 Å². The Morgan fingerprint density at radius 1 is 1.47 bits per heavy atom. The summed E-state index contributed by atoms with van der Waals surface area (Å²) in [5, 5.41) is 11.1. The van der Waals surface area contributed by atoms with Gasteiger partial charge in [-0.05, 0) is 12.2 Å². The lowest BCUT2D eigenvalue weighted by atomic mass is 10.1. The molecule has 1 N–H and O–H groups in total. The molecule has 0 aromatic rings. The molecular formula is C11H8N2O4S2. The summed E-state index contributed by atoms with van der Waals surface area (Å²) in [5.41, 5.74) is -1.15. The fraction of sp³-hybridized carbons (Fsp3) is 0.364. The summed E-state index contributed by atoms with van der Waals surface area (Å²) in [6, 6.07) is 0.0185. The molecule has 98 valence electrons. The van der Waals surface area contributed by atoms with E-state index < -0.39 is 11.7 Å². The number of hydrogen-bond acceptors (Lipinski definition) is 8. The van der Waals surface area contributed by atoms with Crippen LogP contribution in [0, 0.1) is 0 Å². The molecule has 6 nitrogen and oxygen atoms in total. The summed E-state index contributed by atoms with van der Waals surface area (Å²) in [7, 11) is 0. The fourth-order valence-corrected chi connectivity index (χ4v) is 4.43. The molecule has 3 atom stereocenters. The molecule has 1 aliphatic carbocycles. The molecule has 19 heavy (non-hydrogen) atoms. The molecule has 1 saturated heterocycles. The molecule has 0 bridgehead atoms. The smallest absolute Gasteiger partial charge is 0.401 e. The average molecular weight is 296 g/mol. The van der Waals surface area contributed by atoms with E-state index in [-0.39, 0.29) is 17.1 Å². The van der Waals surface area contributed by atoms with E-state index in [1.54, 1.807) is 12.2 Å². The van der Waals surface area contributed by atoms with Crippen molar-refractivity contribution >= 4 is 39.6 Å². The Labute approximate surface area is 116 Å². The topological polar surface area (TPSA) is 80.5 Å². The third-order valence-electron chi connectivity index (χ3n) is 3.09. The van der Waals surface area contributed by atoms with E-state index in [4.69, 9.17) is 4.89 Å². The van der Waals surface area contributed by atoms with Gasteiger partial charge >= 0.3 is 11.7 Å². The molecule has 4 rings (SSSR count). The van der Waals surface area contributed by atoms with Crippen LogP contribution in [0.15, 0.2) is 34.0 Å². The first-order valence-electron chi connectivity index (χ1n) is 5.63. The van der Waals surface area contributed by atoms with Gasteiger partial charge in [-0.2, -0.15) is 0 Å². The van der Waals surface area contributed by atoms with E-state index in [1.807, 2.05) is 6.08 Å². The highest BCUT2D eigenvalue weighted by atomic mass is 32.2. The minimum absolute atomic E-state index is 0.0185. The van der Waals surface area contributed by atoms with E-state index in [1.165, 1.54) is 23.5 Å². The highest BCUT2D eigenvalue weighted by Gasteiger charge is 2.57. The summed E-state index contributed by atoms with van der Waals surface area (Å²) in [5.74, 6) is 0.231. The molecule has 0 radical (unpaired) electrons. The second-order valence-corrected chi connectivity index (χ2v) is 6.53. The molecule has 0 amide bonds. The van der Waals surface area contributed by atoms with Crippen LogP contribution in [0.25, 0.3) is 0 Å². The van der Waals surface area contributed by atoms with Crippen LogP contribution in [0.5, 0.6) is 0 Å². The van der Waals surface area contributed by atoms with E-state index in [0.717, 1.165) is 5.04 Å². The second-order valence-electron chi connectivity index (χ2n) is 4.40. The number of aliphatic hydroxyl groups excluding tert-OH is 1. The van der Waals surface area contributed by atoms with Crippen LogP contribution in [-0.4, -0.2) is 43.9 Å². The van der Waals surface area contributed by atoms with Crippen molar-refractivity contribution in [3.63, 3.8) is 0 Å². The molecule has 1 fully saturated rings. The van der Waals surface area contributed by atoms with Gasteiger partial charge in [0.25, 0.3) is 0 Å². The van der Waals surface area contributed by atoms with E-state index in [0.29, 0.717) is 10.8 Å². The van der Waals surface area contributed by atoms with E-state index >= 15 is 0 Å². The zero-order valence-electron chi connectivity index (χ0n) is 9.48. The van der Waals surface area contributed by atoms with Gasteiger partial charge in [0, 0.05) is 0 Å². The van der Waals surface area contributed by atoms with Crippen molar-refractivity contribution in [3.05, 3.63) is 24.0 Å². The quantitative estimate of drug-likeness (QED) is 0.733. The highest BCUT2D eigenvalue weighted by Crippen LogP contribution is 2.41. The van der Waals surface area contributed by atoms with Gasteiger partial charge in [0.2, 0.25) is 0 Å². The van der Waals surface area contributed by atoms with Crippen LogP contribution in [0.2, 0.25) is 0 Å². The average Bonchev–Trinajstić information content (AvgIpc) is 3.01. The number of fused-ring (bicyclic) bond motifs is 1.